The number of thiazole rings is 2. The van der Waals surface area contributed by atoms with Gasteiger partial charge in [-0.1, -0.05) is 20.8 Å². The monoisotopic (exact) mass is 351 g/mol. The predicted octanol–water partition coefficient (Wildman–Crippen LogP) is 3.11. The second kappa shape index (κ2) is 7.88. The van der Waals surface area contributed by atoms with Crippen molar-refractivity contribution in [3.8, 4) is 0 Å². The van der Waals surface area contributed by atoms with Gasteiger partial charge >= 0.3 is 0 Å². The molecule has 0 aliphatic carbocycles. The second-order valence-corrected chi connectivity index (χ2v) is 8.61. The Hall–Kier alpha value is -1.47. The molecule has 0 radical (unpaired) electrons. The predicted molar refractivity (Wildman–Crippen MR) is 99.6 cm³/mol. The van der Waals surface area contributed by atoms with Gasteiger partial charge in [-0.05, 0) is 6.92 Å². The van der Waals surface area contributed by atoms with E-state index in [1.807, 2.05) is 6.20 Å². The third-order valence-electron chi connectivity index (χ3n) is 3.25. The second-order valence-electron chi connectivity index (χ2n) is 6.34. The molecular formula is C16H25N5S2. The maximum atomic E-state index is 4.71. The summed E-state index contributed by atoms with van der Waals surface area (Å²) < 4.78 is 0. The molecule has 126 valence electrons. The van der Waals surface area contributed by atoms with E-state index < -0.39 is 0 Å². The fourth-order valence-electron chi connectivity index (χ4n) is 1.92. The molecule has 0 aromatic carbocycles. The largest absolute Gasteiger partial charge is 0.356 e. The molecule has 0 atom stereocenters. The molecule has 0 bridgehead atoms. The van der Waals surface area contributed by atoms with E-state index in [4.69, 9.17) is 4.98 Å². The minimum Gasteiger partial charge on any atom is -0.356 e. The van der Waals surface area contributed by atoms with E-state index >= 15 is 0 Å². The van der Waals surface area contributed by atoms with Crippen LogP contribution in [0.4, 0.5) is 0 Å². The van der Waals surface area contributed by atoms with E-state index in [-0.39, 0.29) is 5.41 Å². The smallest absolute Gasteiger partial charge is 0.191 e. The topological polar surface area (TPSA) is 62.2 Å². The van der Waals surface area contributed by atoms with Crippen molar-refractivity contribution in [1.82, 2.24) is 20.6 Å². The van der Waals surface area contributed by atoms with Crippen LogP contribution in [0.15, 0.2) is 16.6 Å². The molecule has 0 aliphatic rings. The first-order chi connectivity index (χ1) is 10.9. The van der Waals surface area contributed by atoms with Gasteiger partial charge in [0.2, 0.25) is 0 Å². The van der Waals surface area contributed by atoms with E-state index in [1.54, 1.807) is 29.7 Å². The Kier molecular flexibility index (Phi) is 6.12. The highest BCUT2D eigenvalue weighted by molar-refractivity contribution is 7.11. The van der Waals surface area contributed by atoms with Crippen LogP contribution >= 0.6 is 22.7 Å². The number of aliphatic imine (C=N–C) groups is 1. The minimum atomic E-state index is 0.117. The van der Waals surface area contributed by atoms with E-state index in [0.717, 1.165) is 28.9 Å². The number of aryl methyl sites for hydroxylation is 1. The Morgan fingerprint density at radius 1 is 1.26 bits per heavy atom. The molecule has 0 spiro atoms. The molecule has 0 fully saturated rings. The molecule has 5 nitrogen and oxygen atoms in total. The third kappa shape index (κ3) is 5.58. The third-order valence-corrected chi connectivity index (χ3v) is 5.07. The molecule has 0 unspecified atom stereocenters. The summed E-state index contributed by atoms with van der Waals surface area (Å²) in [6.07, 6.45) is 2.80. The summed E-state index contributed by atoms with van der Waals surface area (Å²) in [4.78, 5) is 14.5. The summed E-state index contributed by atoms with van der Waals surface area (Å²) in [5, 5.41) is 11.0. The fourth-order valence-corrected chi connectivity index (χ4v) is 3.67. The molecule has 2 N–H and O–H groups in total. The van der Waals surface area contributed by atoms with Crippen molar-refractivity contribution in [2.75, 3.05) is 13.6 Å². The van der Waals surface area contributed by atoms with Gasteiger partial charge in [0.1, 0.15) is 5.01 Å². The summed E-state index contributed by atoms with van der Waals surface area (Å²) in [5.74, 6) is 0.797. The molecule has 0 amide bonds. The van der Waals surface area contributed by atoms with Crippen LogP contribution in [0, 0.1) is 6.92 Å². The lowest BCUT2D eigenvalue weighted by Gasteiger charge is -2.14. The first-order valence-corrected chi connectivity index (χ1v) is 9.39. The fraction of sp³-hybridized carbons (Fsp3) is 0.562. The van der Waals surface area contributed by atoms with Crippen LogP contribution in [0.25, 0.3) is 0 Å². The summed E-state index contributed by atoms with van der Waals surface area (Å²) in [6.45, 7) is 10.1. The van der Waals surface area contributed by atoms with Gasteiger partial charge in [-0.15, -0.1) is 22.7 Å². The van der Waals surface area contributed by atoms with Gasteiger partial charge in [-0.2, -0.15) is 0 Å². The summed E-state index contributed by atoms with van der Waals surface area (Å²) in [7, 11) is 1.78. The van der Waals surface area contributed by atoms with E-state index in [1.165, 1.54) is 10.6 Å². The van der Waals surface area contributed by atoms with Crippen LogP contribution in [0.5, 0.6) is 0 Å². The first kappa shape index (κ1) is 17.9. The van der Waals surface area contributed by atoms with Gasteiger partial charge in [0.25, 0.3) is 0 Å². The molecule has 7 heteroatoms. The summed E-state index contributed by atoms with van der Waals surface area (Å²) in [5.41, 5.74) is 1.28. The maximum absolute atomic E-state index is 4.71. The lowest BCUT2D eigenvalue weighted by atomic mass is 9.93. The van der Waals surface area contributed by atoms with Crippen molar-refractivity contribution in [3.05, 3.63) is 32.2 Å². The Balaban J connectivity index is 1.76. The van der Waals surface area contributed by atoms with E-state index in [9.17, 15) is 0 Å². The van der Waals surface area contributed by atoms with Gasteiger partial charge < -0.3 is 10.6 Å². The molecule has 2 rings (SSSR count). The van der Waals surface area contributed by atoms with Gasteiger partial charge in [0.05, 0.1) is 17.2 Å². The number of aromatic nitrogens is 2. The zero-order valence-electron chi connectivity index (χ0n) is 14.4. The Morgan fingerprint density at radius 3 is 2.61 bits per heavy atom. The highest BCUT2D eigenvalue weighted by Gasteiger charge is 2.17. The minimum absolute atomic E-state index is 0.117. The molecule has 23 heavy (non-hydrogen) atoms. The van der Waals surface area contributed by atoms with Crippen molar-refractivity contribution in [3.63, 3.8) is 0 Å². The number of hydrogen-bond acceptors (Lipinski definition) is 5. The van der Waals surface area contributed by atoms with E-state index in [0.29, 0.717) is 6.54 Å². The van der Waals surface area contributed by atoms with Crippen LogP contribution in [-0.2, 0) is 18.4 Å². The lowest BCUT2D eigenvalue weighted by Crippen LogP contribution is -2.37. The normalized spacial score (nSPS) is 12.5. The van der Waals surface area contributed by atoms with Crippen LogP contribution in [0.3, 0.4) is 0 Å². The zero-order chi connectivity index (χ0) is 16.9. The molecule has 0 saturated heterocycles. The number of nitrogens with one attached hydrogen (secondary N) is 2. The molecule has 0 saturated carbocycles. The number of rotatable bonds is 5. The van der Waals surface area contributed by atoms with Gasteiger partial charge in [-0.25, -0.2) is 9.97 Å². The van der Waals surface area contributed by atoms with Crippen LogP contribution in [0.1, 0.15) is 41.4 Å². The molecule has 2 heterocycles. The Morgan fingerprint density at radius 2 is 2.04 bits per heavy atom. The zero-order valence-corrected chi connectivity index (χ0v) is 16.1. The molecular weight excluding hydrogens is 326 g/mol. The maximum Gasteiger partial charge on any atom is 0.191 e. The van der Waals surface area contributed by atoms with Gasteiger partial charge in [0.15, 0.2) is 5.96 Å². The van der Waals surface area contributed by atoms with Crippen molar-refractivity contribution in [1.29, 1.82) is 0 Å². The number of nitrogens with zero attached hydrogens (tertiary/aromatic N) is 3. The van der Waals surface area contributed by atoms with Crippen molar-refractivity contribution in [2.45, 2.75) is 46.1 Å². The quantitative estimate of drug-likeness (QED) is 0.642. The first-order valence-electron chi connectivity index (χ1n) is 7.69. The van der Waals surface area contributed by atoms with Crippen LogP contribution < -0.4 is 10.6 Å². The number of guanidine groups is 1. The Labute approximate surface area is 146 Å². The number of hydrogen-bond donors (Lipinski definition) is 2. The SMILES string of the molecule is CN=C(NCCc1nc(C(C)(C)C)cs1)NCc1ncc(C)s1. The average Bonchev–Trinajstić information content (AvgIpc) is 3.11. The van der Waals surface area contributed by atoms with Gasteiger partial charge in [-0.3, -0.25) is 4.99 Å². The molecule has 2 aromatic rings. The summed E-state index contributed by atoms with van der Waals surface area (Å²) in [6, 6.07) is 0. The van der Waals surface area contributed by atoms with Crippen molar-refractivity contribution in [2.24, 2.45) is 4.99 Å². The van der Waals surface area contributed by atoms with Gasteiger partial charge in [0, 0.05) is 41.9 Å². The van der Waals surface area contributed by atoms with Crippen molar-refractivity contribution < 1.29 is 0 Å². The molecule has 2 aromatic heterocycles. The Bertz CT molecular complexity index is 651. The van der Waals surface area contributed by atoms with Crippen LogP contribution in [0.2, 0.25) is 0 Å². The highest BCUT2D eigenvalue weighted by Crippen LogP contribution is 2.23. The standard InChI is InChI=1S/C16H25N5S2/c1-11-8-19-14(23-11)9-20-15(17-5)18-7-6-13-21-12(10-22-13)16(2,3)4/h8,10H,6-7,9H2,1-5H3,(H2,17,18,20). The summed E-state index contributed by atoms with van der Waals surface area (Å²) >= 11 is 3.43. The lowest BCUT2D eigenvalue weighted by molar-refractivity contribution is 0.570. The molecule has 0 aliphatic heterocycles. The van der Waals surface area contributed by atoms with E-state index in [2.05, 4.69) is 53.7 Å². The average molecular weight is 352 g/mol. The highest BCUT2D eigenvalue weighted by atomic mass is 32.1. The van der Waals surface area contributed by atoms with Crippen molar-refractivity contribution >= 4 is 28.6 Å². The van der Waals surface area contributed by atoms with Crippen LogP contribution in [-0.4, -0.2) is 29.5 Å².